The summed E-state index contributed by atoms with van der Waals surface area (Å²) in [5, 5.41) is 7.13. The van der Waals surface area contributed by atoms with Crippen LogP contribution < -0.4 is 5.32 Å². The van der Waals surface area contributed by atoms with Crippen LogP contribution in [0.5, 0.6) is 0 Å². The molecule has 0 spiro atoms. The molecule has 0 unspecified atom stereocenters. The van der Waals surface area contributed by atoms with E-state index in [9.17, 15) is 0 Å². The quantitative estimate of drug-likeness (QED) is 0.733. The van der Waals surface area contributed by atoms with Crippen molar-refractivity contribution in [1.29, 1.82) is 0 Å². The van der Waals surface area contributed by atoms with Crippen molar-refractivity contribution < 1.29 is 4.52 Å². The third-order valence-corrected chi connectivity index (χ3v) is 2.43. The Bertz CT molecular complexity index is 416. The highest BCUT2D eigenvalue weighted by Gasteiger charge is 2.24. The third kappa shape index (κ3) is 1.13. The first-order chi connectivity index (χ1) is 6.93. The molecule has 72 valence electrons. The number of nitrogens with one attached hydrogen (secondary N) is 2. The van der Waals surface area contributed by atoms with E-state index in [0.717, 1.165) is 24.5 Å². The van der Waals surface area contributed by atoms with Gasteiger partial charge in [0.15, 0.2) is 5.82 Å². The van der Waals surface area contributed by atoms with Crippen molar-refractivity contribution in [3.05, 3.63) is 24.3 Å². The van der Waals surface area contributed by atoms with E-state index in [0.29, 0.717) is 11.8 Å². The van der Waals surface area contributed by atoms with Crippen molar-refractivity contribution in [2.45, 2.75) is 5.92 Å². The molecule has 0 aromatic carbocycles. The molecule has 2 aromatic heterocycles. The second-order valence-corrected chi connectivity index (χ2v) is 3.41. The zero-order valence-electron chi connectivity index (χ0n) is 7.53. The average molecular weight is 190 g/mol. The van der Waals surface area contributed by atoms with Gasteiger partial charge in [0.1, 0.15) is 0 Å². The average Bonchev–Trinajstić information content (AvgIpc) is 2.65. The van der Waals surface area contributed by atoms with Crippen molar-refractivity contribution in [3.63, 3.8) is 0 Å². The molecule has 0 bridgehead atoms. The molecular formula is C9H10N4O. The van der Waals surface area contributed by atoms with Crippen molar-refractivity contribution in [2.24, 2.45) is 0 Å². The van der Waals surface area contributed by atoms with Crippen LogP contribution in [0.15, 0.2) is 23.0 Å². The van der Waals surface area contributed by atoms with Crippen LogP contribution in [0, 0.1) is 0 Å². The van der Waals surface area contributed by atoms with Gasteiger partial charge in [-0.3, -0.25) is 0 Å². The summed E-state index contributed by atoms with van der Waals surface area (Å²) in [4.78, 5) is 7.29. The summed E-state index contributed by atoms with van der Waals surface area (Å²) in [5.41, 5.74) is 0.941. The molecule has 5 heteroatoms. The van der Waals surface area contributed by atoms with E-state index < -0.39 is 0 Å². The van der Waals surface area contributed by atoms with Gasteiger partial charge in [-0.1, -0.05) is 5.16 Å². The molecule has 2 N–H and O–H groups in total. The fraction of sp³-hybridized carbons (Fsp3) is 0.333. The second kappa shape index (κ2) is 2.95. The van der Waals surface area contributed by atoms with Crippen LogP contribution in [0.1, 0.15) is 11.7 Å². The van der Waals surface area contributed by atoms with E-state index in [1.165, 1.54) is 0 Å². The van der Waals surface area contributed by atoms with Crippen LogP contribution >= 0.6 is 0 Å². The number of aromatic amines is 1. The summed E-state index contributed by atoms with van der Waals surface area (Å²) in [5.74, 6) is 1.82. The Morgan fingerprint density at radius 2 is 2.36 bits per heavy atom. The highest BCUT2D eigenvalue weighted by molar-refractivity contribution is 5.50. The lowest BCUT2D eigenvalue weighted by Gasteiger charge is -2.23. The van der Waals surface area contributed by atoms with Crippen molar-refractivity contribution in [1.82, 2.24) is 20.4 Å². The van der Waals surface area contributed by atoms with Gasteiger partial charge in [-0.05, 0) is 6.07 Å². The van der Waals surface area contributed by atoms with Gasteiger partial charge in [-0.25, -0.2) is 0 Å². The molecule has 1 saturated heterocycles. The highest BCUT2D eigenvalue weighted by Crippen LogP contribution is 2.21. The number of hydrogen-bond donors (Lipinski definition) is 2. The van der Waals surface area contributed by atoms with E-state index in [1.807, 2.05) is 18.5 Å². The summed E-state index contributed by atoms with van der Waals surface area (Å²) >= 11 is 0. The number of aromatic nitrogens is 3. The Balaban J connectivity index is 1.90. The Hall–Kier alpha value is -1.62. The fourth-order valence-electron chi connectivity index (χ4n) is 1.45. The fourth-order valence-corrected chi connectivity index (χ4v) is 1.45. The molecule has 0 saturated carbocycles. The van der Waals surface area contributed by atoms with Crippen molar-refractivity contribution >= 4 is 0 Å². The minimum Gasteiger partial charge on any atom is -0.367 e. The smallest absolute Gasteiger partial charge is 0.259 e. The maximum atomic E-state index is 5.16. The summed E-state index contributed by atoms with van der Waals surface area (Å²) < 4.78 is 5.16. The van der Waals surface area contributed by atoms with Crippen LogP contribution in [0.25, 0.3) is 11.5 Å². The molecule has 1 aliphatic heterocycles. The van der Waals surface area contributed by atoms with Crippen molar-refractivity contribution in [3.8, 4) is 11.5 Å². The Labute approximate surface area is 80.5 Å². The SMILES string of the molecule is c1cc(-c2nc(C3CNC3)no2)c[nH]1. The zero-order chi connectivity index (χ0) is 9.38. The molecule has 0 amide bonds. The predicted octanol–water partition coefficient (Wildman–Crippen LogP) is 0.751. The second-order valence-electron chi connectivity index (χ2n) is 3.41. The standard InChI is InChI=1S/C9H10N4O/c1-2-10-3-6(1)9-12-8(13-14-9)7-4-11-5-7/h1-3,7,10-11H,4-5H2. The van der Waals surface area contributed by atoms with E-state index in [-0.39, 0.29) is 0 Å². The first kappa shape index (κ1) is 7.75. The molecule has 14 heavy (non-hydrogen) atoms. The zero-order valence-corrected chi connectivity index (χ0v) is 7.53. The minimum absolute atomic E-state index is 0.423. The topological polar surface area (TPSA) is 66.7 Å². The van der Waals surface area contributed by atoms with Crippen LogP contribution in [0.4, 0.5) is 0 Å². The Kier molecular flexibility index (Phi) is 1.63. The van der Waals surface area contributed by atoms with Gasteiger partial charge < -0.3 is 14.8 Å². The Morgan fingerprint density at radius 3 is 3.00 bits per heavy atom. The molecule has 0 radical (unpaired) electrons. The van der Waals surface area contributed by atoms with Gasteiger partial charge in [-0.2, -0.15) is 4.98 Å². The van der Waals surface area contributed by atoms with Gasteiger partial charge in [-0.15, -0.1) is 0 Å². The lowest BCUT2D eigenvalue weighted by atomic mass is 10.0. The molecule has 1 aliphatic rings. The van der Waals surface area contributed by atoms with Gasteiger partial charge in [0.25, 0.3) is 5.89 Å². The van der Waals surface area contributed by atoms with Gasteiger partial charge in [0.05, 0.1) is 5.56 Å². The lowest BCUT2D eigenvalue weighted by Crippen LogP contribution is -2.40. The molecule has 1 fully saturated rings. The summed E-state index contributed by atoms with van der Waals surface area (Å²) in [7, 11) is 0. The molecule has 0 atom stereocenters. The van der Waals surface area contributed by atoms with Crippen LogP contribution in [0.3, 0.4) is 0 Å². The summed E-state index contributed by atoms with van der Waals surface area (Å²) in [6.07, 6.45) is 3.68. The predicted molar refractivity (Wildman–Crippen MR) is 49.7 cm³/mol. The largest absolute Gasteiger partial charge is 0.367 e. The highest BCUT2D eigenvalue weighted by atomic mass is 16.5. The van der Waals surface area contributed by atoms with Gasteiger partial charge in [0, 0.05) is 31.4 Å². The minimum atomic E-state index is 0.423. The van der Waals surface area contributed by atoms with Gasteiger partial charge >= 0.3 is 0 Å². The number of H-pyrrole nitrogens is 1. The number of nitrogens with zero attached hydrogens (tertiary/aromatic N) is 2. The van der Waals surface area contributed by atoms with Gasteiger partial charge in [0.2, 0.25) is 0 Å². The van der Waals surface area contributed by atoms with Crippen LogP contribution in [-0.2, 0) is 0 Å². The number of hydrogen-bond acceptors (Lipinski definition) is 4. The van der Waals surface area contributed by atoms with Crippen molar-refractivity contribution in [2.75, 3.05) is 13.1 Å². The Morgan fingerprint density at radius 1 is 1.43 bits per heavy atom. The van der Waals surface area contributed by atoms with E-state index in [4.69, 9.17) is 4.52 Å². The molecule has 3 heterocycles. The first-order valence-corrected chi connectivity index (χ1v) is 4.61. The summed E-state index contributed by atoms with van der Waals surface area (Å²) in [6.45, 7) is 1.90. The van der Waals surface area contributed by atoms with E-state index >= 15 is 0 Å². The number of rotatable bonds is 2. The van der Waals surface area contributed by atoms with Crippen LogP contribution in [-0.4, -0.2) is 28.2 Å². The van der Waals surface area contributed by atoms with E-state index in [1.54, 1.807) is 0 Å². The summed E-state index contributed by atoms with van der Waals surface area (Å²) in [6, 6.07) is 1.91. The normalized spacial score (nSPS) is 16.9. The molecule has 5 nitrogen and oxygen atoms in total. The molecular weight excluding hydrogens is 180 g/mol. The molecule has 0 aliphatic carbocycles. The van der Waals surface area contributed by atoms with Crippen LogP contribution in [0.2, 0.25) is 0 Å². The molecule has 2 aromatic rings. The lowest BCUT2D eigenvalue weighted by molar-refractivity contribution is 0.382. The first-order valence-electron chi connectivity index (χ1n) is 4.61. The third-order valence-electron chi connectivity index (χ3n) is 2.43. The maximum absolute atomic E-state index is 5.16. The monoisotopic (exact) mass is 190 g/mol. The van der Waals surface area contributed by atoms with E-state index in [2.05, 4.69) is 20.4 Å². The molecule has 3 rings (SSSR count). The maximum Gasteiger partial charge on any atom is 0.259 e.